The van der Waals surface area contributed by atoms with E-state index in [0.717, 1.165) is 25.7 Å². The molecule has 1 aliphatic rings. The molecule has 1 atom stereocenters. The Hall–Kier alpha value is -4.01. The fourth-order valence-electron chi connectivity index (χ4n) is 4.31. The number of pyridine rings is 1. The van der Waals surface area contributed by atoms with Gasteiger partial charge in [-0.1, -0.05) is 48.3 Å². The number of carbonyl (C=O) groups excluding carboxylic acids is 3. The van der Waals surface area contributed by atoms with Crippen molar-refractivity contribution in [1.29, 1.82) is 0 Å². The number of nitrogens with one attached hydrogen (secondary N) is 2. The first kappa shape index (κ1) is 24.1. The molecule has 1 saturated carbocycles. The standard InChI is InChI=1S/C26H29N5O4/c1-18-16-22(30-35-18)29-23(32)13-14-24(33)31(21-12-7-15-27-17-21)25(19-8-3-2-4-9-19)26(34)28-20-10-5-6-11-20/h2-4,7-9,12,15-17,20,25H,5-6,10-11,13-14H2,1H3,(H,28,34)(H,29,30,32)/t25-/m0/s1. The van der Waals surface area contributed by atoms with Crippen molar-refractivity contribution < 1.29 is 18.9 Å². The number of anilines is 2. The van der Waals surface area contributed by atoms with Crippen LogP contribution in [0.25, 0.3) is 0 Å². The van der Waals surface area contributed by atoms with Crippen molar-refractivity contribution >= 4 is 29.2 Å². The van der Waals surface area contributed by atoms with Gasteiger partial charge in [-0.2, -0.15) is 0 Å². The van der Waals surface area contributed by atoms with Gasteiger partial charge in [-0.15, -0.1) is 0 Å². The maximum Gasteiger partial charge on any atom is 0.248 e. The topological polar surface area (TPSA) is 117 Å². The highest BCUT2D eigenvalue weighted by atomic mass is 16.5. The van der Waals surface area contributed by atoms with Gasteiger partial charge in [0.2, 0.25) is 17.7 Å². The van der Waals surface area contributed by atoms with E-state index >= 15 is 0 Å². The molecule has 9 nitrogen and oxygen atoms in total. The maximum absolute atomic E-state index is 13.6. The Morgan fingerprint density at radius 3 is 2.51 bits per heavy atom. The second-order valence-corrected chi connectivity index (χ2v) is 8.65. The summed E-state index contributed by atoms with van der Waals surface area (Å²) < 4.78 is 4.96. The minimum Gasteiger partial charge on any atom is -0.360 e. The Morgan fingerprint density at radius 1 is 1.09 bits per heavy atom. The van der Waals surface area contributed by atoms with Gasteiger partial charge in [0.25, 0.3) is 0 Å². The lowest BCUT2D eigenvalue weighted by atomic mass is 10.0. The van der Waals surface area contributed by atoms with Crippen molar-refractivity contribution in [2.24, 2.45) is 0 Å². The monoisotopic (exact) mass is 475 g/mol. The van der Waals surface area contributed by atoms with E-state index in [2.05, 4.69) is 20.8 Å². The number of amides is 3. The van der Waals surface area contributed by atoms with Crippen molar-refractivity contribution in [1.82, 2.24) is 15.5 Å². The number of hydrogen-bond acceptors (Lipinski definition) is 6. The number of rotatable bonds is 9. The summed E-state index contributed by atoms with van der Waals surface area (Å²) in [5.41, 5.74) is 1.17. The van der Waals surface area contributed by atoms with Crippen molar-refractivity contribution in [3.8, 4) is 0 Å². The highest BCUT2D eigenvalue weighted by Crippen LogP contribution is 2.29. The van der Waals surface area contributed by atoms with E-state index in [-0.39, 0.29) is 36.6 Å². The predicted molar refractivity (Wildman–Crippen MR) is 130 cm³/mol. The number of hydrogen-bond donors (Lipinski definition) is 2. The molecule has 0 aliphatic heterocycles. The van der Waals surface area contributed by atoms with Gasteiger partial charge < -0.3 is 15.2 Å². The summed E-state index contributed by atoms with van der Waals surface area (Å²) in [6, 6.07) is 13.4. The third-order valence-electron chi connectivity index (χ3n) is 5.98. The Kier molecular flexibility index (Phi) is 7.87. The van der Waals surface area contributed by atoms with Crippen LogP contribution < -0.4 is 15.5 Å². The van der Waals surface area contributed by atoms with Crippen LogP contribution in [0.3, 0.4) is 0 Å². The summed E-state index contributed by atoms with van der Waals surface area (Å²) >= 11 is 0. The van der Waals surface area contributed by atoms with Gasteiger partial charge in [0.05, 0.1) is 11.9 Å². The Labute approximate surface area is 203 Å². The summed E-state index contributed by atoms with van der Waals surface area (Å²) in [6.07, 6.45) is 6.99. The molecule has 1 aliphatic carbocycles. The van der Waals surface area contributed by atoms with E-state index < -0.39 is 6.04 Å². The molecule has 1 fully saturated rings. The second-order valence-electron chi connectivity index (χ2n) is 8.65. The lowest BCUT2D eigenvalue weighted by Crippen LogP contribution is -2.46. The van der Waals surface area contributed by atoms with Crippen molar-refractivity contribution in [2.75, 3.05) is 10.2 Å². The molecule has 0 radical (unpaired) electrons. The number of aryl methyl sites for hydroxylation is 1. The molecule has 2 aromatic heterocycles. The molecule has 2 N–H and O–H groups in total. The van der Waals surface area contributed by atoms with E-state index in [1.807, 2.05) is 30.3 Å². The second kappa shape index (κ2) is 11.4. The molecule has 0 unspecified atom stereocenters. The molecule has 9 heteroatoms. The minimum atomic E-state index is -0.894. The van der Waals surface area contributed by atoms with Crippen molar-refractivity contribution in [3.05, 3.63) is 72.2 Å². The zero-order valence-electron chi connectivity index (χ0n) is 19.6. The first-order valence-corrected chi connectivity index (χ1v) is 11.8. The molecular weight excluding hydrogens is 446 g/mol. The zero-order chi connectivity index (χ0) is 24.6. The minimum absolute atomic E-state index is 0.0761. The first-order chi connectivity index (χ1) is 17.0. The van der Waals surface area contributed by atoms with Crippen LogP contribution in [0, 0.1) is 6.92 Å². The molecule has 3 amide bonds. The van der Waals surface area contributed by atoms with E-state index in [0.29, 0.717) is 22.8 Å². The van der Waals surface area contributed by atoms with Crippen LogP contribution in [0.4, 0.5) is 11.5 Å². The maximum atomic E-state index is 13.6. The van der Waals surface area contributed by atoms with Gasteiger partial charge in [-0.05, 0) is 37.5 Å². The van der Waals surface area contributed by atoms with Crippen LogP contribution in [-0.2, 0) is 14.4 Å². The third-order valence-corrected chi connectivity index (χ3v) is 5.98. The molecular formula is C26H29N5O4. The van der Waals surface area contributed by atoms with E-state index in [4.69, 9.17) is 4.52 Å². The molecule has 0 bridgehead atoms. The first-order valence-electron chi connectivity index (χ1n) is 11.8. The average molecular weight is 476 g/mol. The van der Waals surface area contributed by atoms with Gasteiger partial charge in [0.15, 0.2) is 5.82 Å². The SMILES string of the molecule is Cc1cc(NC(=O)CCC(=O)N(c2cccnc2)[C@H](C(=O)NC2CCCC2)c2ccccc2)no1. The summed E-state index contributed by atoms with van der Waals surface area (Å²) in [5.74, 6) is -0.118. The molecule has 1 aromatic carbocycles. The Bertz CT molecular complexity index is 1140. The van der Waals surface area contributed by atoms with Gasteiger partial charge in [-0.3, -0.25) is 24.3 Å². The molecule has 0 spiro atoms. The van der Waals surface area contributed by atoms with E-state index in [1.54, 1.807) is 37.5 Å². The molecule has 2 heterocycles. The molecule has 182 valence electrons. The highest BCUT2D eigenvalue weighted by molar-refractivity contribution is 6.03. The lowest BCUT2D eigenvalue weighted by Gasteiger charge is -2.32. The quantitative estimate of drug-likeness (QED) is 0.484. The number of carbonyl (C=O) groups is 3. The lowest BCUT2D eigenvalue weighted by molar-refractivity contribution is -0.127. The number of nitrogens with zero attached hydrogens (tertiary/aromatic N) is 3. The normalized spacial score (nSPS) is 14.3. The Balaban J connectivity index is 1.57. The number of benzene rings is 1. The smallest absolute Gasteiger partial charge is 0.248 e. The fourth-order valence-corrected chi connectivity index (χ4v) is 4.31. The molecule has 35 heavy (non-hydrogen) atoms. The van der Waals surface area contributed by atoms with E-state index in [9.17, 15) is 14.4 Å². The Morgan fingerprint density at radius 2 is 1.86 bits per heavy atom. The number of aromatic nitrogens is 2. The van der Waals surface area contributed by atoms with Crippen molar-refractivity contribution in [3.63, 3.8) is 0 Å². The molecule has 0 saturated heterocycles. The molecule has 3 aromatic rings. The van der Waals surface area contributed by atoms with Gasteiger partial charge in [0.1, 0.15) is 11.8 Å². The van der Waals surface area contributed by atoms with Crippen LogP contribution in [-0.4, -0.2) is 33.9 Å². The summed E-state index contributed by atoms with van der Waals surface area (Å²) in [4.78, 5) is 45.2. The average Bonchev–Trinajstić information content (AvgIpc) is 3.53. The largest absolute Gasteiger partial charge is 0.360 e. The van der Waals surface area contributed by atoms with E-state index in [1.165, 1.54) is 4.90 Å². The third kappa shape index (κ3) is 6.32. The summed E-state index contributed by atoms with van der Waals surface area (Å²) in [7, 11) is 0. The van der Waals surface area contributed by atoms with Crippen LogP contribution >= 0.6 is 0 Å². The summed E-state index contributed by atoms with van der Waals surface area (Å²) in [6.45, 7) is 1.72. The molecule has 4 rings (SSSR count). The fraction of sp³-hybridized carbons (Fsp3) is 0.346. The van der Waals surface area contributed by atoms with Crippen LogP contribution in [0.1, 0.15) is 55.9 Å². The van der Waals surface area contributed by atoms with Crippen LogP contribution in [0.5, 0.6) is 0 Å². The zero-order valence-corrected chi connectivity index (χ0v) is 19.6. The van der Waals surface area contributed by atoms with Crippen LogP contribution in [0.2, 0.25) is 0 Å². The predicted octanol–water partition coefficient (Wildman–Crippen LogP) is 3.93. The summed E-state index contributed by atoms with van der Waals surface area (Å²) in [5, 5.41) is 9.50. The van der Waals surface area contributed by atoms with Crippen molar-refractivity contribution in [2.45, 2.75) is 57.5 Å². The van der Waals surface area contributed by atoms with Gasteiger partial charge in [0, 0.05) is 31.1 Å². The van der Waals surface area contributed by atoms with Gasteiger partial charge >= 0.3 is 0 Å². The van der Waals surface area contributed by atoms with Crippen LogP contribution in [0.15, 0.2) is 65.4 Å². The van der Waals surface area contributed by atoms with Gasteiger partial charge in [-0.25, -0.2) is 0 Å². The highest BCUT2D eigenvalue weighted by Gasteiger charge is 2.34.